The maximum Gasteiger partial charge on any atom is 0.537 e. The van der Waals surface area contributed by atoms with Crippen molar-refractivity contribution in [2.45, 2.75) is 35.9 Å². The number of aromatic nitrogens is 2. The first-order valence-electron chi connectivity index (χ1n) is 7.29. The number of carbonyl (C=O) groups is 1. The quantitative estimate of drug-likeness (QED) is 0.776. The lowest BCUT2D eigenvalue weighted by atomic mass is 9.77. The zero-order valence-corrected chi connectivity index (χ0v) is 14.6. The second-order valence-electron chi connectivity index (χ2n) is 5.47. The maximum atomic E-state index is 11.7. The number of hydrogen-bond acceptors (Lipinski definition) is 8. The summed E-state index contributed by atoms with van der Waals surface area (Å²) in [5.74, 6) is -0.745. The highest BCUT2D eigenvalue weighted by atomic mass is 32.2. The monoisotopic (exact) mass is 366 g/mol. The van der Waals surface area contributed by atoms with Crippen LogP contribution in [-0.4, -0.2) is 44.7 Å². The van der Waals surface area contributed by atoms with Crippen molar-refractivity contribution in [3.8, 4) is 11.5 Å². The molecule has 1 aromatic heterocycles. The zero-order valence-electron chi connectivity index (χ0n) is 13.0. The van der Waals surface area contributed by atoms with Gasteiger partial charge in [0.15, 0.2) is 4.34 Å². The molecule has 1 atom stereocenters. The van der Waals surface area contributed by atoms with Gasteiger partial charge in [0.05, 0.1) is 11.3 Å². The number of nitrogens with zero attached hydrogens (tertiary/aromatic N) is 2. The largest absolute Gasteiger partial charge is 0.537 e. The molecule has 0 bridgehead atoms. The molecule has 24 heavy (non-hydrogen) atoms. The summed E-state index contributed by atoms with van der Waals surface area (Å²) in [6, 6.07) is 3.41. The van der Waals surface area contributed by atoms with E-state index in [0.29, 0.717) is 6.42 Å². The van der Waals surface area contributed by atoms with Crippen LogP contribution >= 0.6 is 23.1 Å². The standard InChI is InChI=1S/C14H15BN2O5S2/c1-7(2)21-9-4-3-8-5-10(24-14-17-16-6-23-14)15(20)22-12(8)11(9)13(18)19/h3-4,6-7,10,20H,5H2,1-2H3,(H,18,19)/t10-/m0/s1. The van der Waals surface area contributed by atoms with Gasteiger partial charge in [0.25, 0.3) is 0 Å². The van der Waals surface area contributed by atoms with Gasteiger partial charge in [-0.25, -0.2) is 4.79 Å². The first kappa shape index (κ1) is 17.1. The number of hydrogen-bond donors (Lipinski definition) is 2. The van der Waals surface area contributed by atoms with Crippen molar-refractivity contribution in [2.75, 3.05) is 0 Å². The molecular formula is C14H15BN2O5S2. The van der Waals surface area contributed by atoms with Crippen molar-refractivity contribution >= 4 is 36.2 Å². The fraction of sp³-hybridized carbons (Fsp3) is 0.357. The SMILES string of the molecule is CC(C)Oc1ccc2c(c1C(=O)O)OB(O)[C@@H](Sc1nncs1)C2. The first-order chi connectivity index (χ1) is 11.5. The van der Waals surface area contributed by atoms with Gasteiger partial charge in [-0.3, -0.25) is 0 Å². The van der Waals surface area contributed by atoms with Crippen LogP contribution in [-0.2, 0) is 6.42 Å². The molecule has 1 aliphatic heterocycles. The second-order valence-corrected chi connectivity index (χ2v) is 7.79. The van der Waals surface area contributed by atoms with Gasteiger partial charge in [-0.05, 0) is 31.9 Å². The molecule has 0 unspecified atom stereocenters. The third kappa shape index (κ3) is 3.50. The number of thioether (sulfide) groups is 1. The predicted octanol–water partition coefficient (Wildman–Crippen LogP) is 2.14. The van der Waals surface area contributed by atoms with Crippen LogP contribution in [0.3, 0.4) is 0 Å². The van der Waals surface area contributed by atoms with E-state index in [1.54, 1.807) is 17.6 Å². The molecule has 3 rings (SSSR count). The predicted molar refractivity (Wildman–Crippen MR) is 91.0 cm³/mol. The molecule has 0 aliphatic carbocycles. The summed E-state index contributed by atoms with van der Waals surface area (Å²) >= 11 is 2.74. The minimum absolute atomic E-state index is 0.0559. The van der Waals surface area contributed by atoms with E-state index >= 15 is 0 Å². The van der Waals surface area contributed by atoms with E-state index in [0.717, 1.165) is 9.90 Å². The van der Waals surface area contributed by atoms with Crippen molar-refractivity contribution < 1.29 is 24.3 Å². The molecule has 7 nitrogen and oxygen atoms in total. The lowest BCUT2D eigenvalue weighted by Crippen LogP contribution is -2.40. The van der Waals surface area contributed by atoms with Gasteiger partial charge in [-0.15, -0.1) is 10.2 Å². The molecule has 126 valence electrons. The zero-order chi connectivity index (χ0) is 17.3. The average Bonchev–Trinajstić information content (AvgIpc) is 3.00. The van der Waals surface area contributed by atoms with E-state index in [1.165, 1.54) is 23.1 Å². The molecule has 0 amide bonds. The van der Waals surface area contributed by atoms with E-state index < -0.39 is 13.1 Å². The highest BCUT2D eigenvalue weighted by Gasteiger charge is 2.39. The van der Waals surface area contributed by atoms with Crippen LogP contribution in [0.5, 0.6) is 11.5 Å². The molecule has 2 aromatic rings. The highest BCUT2D eigenvalue weighted by molar-refractivity contribution is 8.02. The fourth-order valence-electron chi connectivity index (χ4n) is 2.42. The van der Waals surface area contributed by atoms with E-state index in [9.17, 15) is 14.9 Å². The van der Waals surface area contributed by atoms with Crippen molar-refractivity contribution in [3.05, 3.63) is 28.8 Å². The van der Waals surface area contributed by atoms with E-state index in [-0.39, 0.29) is 28.3 Å². The van der Waals surface area contributed by atoms with Crippen molar-refractivity contribution in [1.82, 2.24) is 10.2 Å². The third-order valence-electron chi connectivity index (χ3n) is 3.35. The van der Waals surface area contributed by atoms with Gasteiger partial charge >= 0.3 is 13.1 Å². The minimum Gasteiger partial charge on any atom is -0.534 e. The topological polar surface area (TPSA) is 102 Å². The summed E-state index contributed by atoms with van der Waals surface area (Å²) in [6.45, 7) is 3.63. The van der Waals surface area contributed by atoms with Crippen LogP contribution in [0.4, 0.5) is 0 Å². The molecule has 10 heteroatoms. The maximum absolute atomic E-state index is 11.7. The number of carboxylic acids is 1. The Labute approximate surface area is 147 Å². The first-order valence-corrected chi connectivity index (χ1v) is 9.05. The number of fused-ring (bicyclic) bond motifs is 1. The van der Waals surface area contributed by atoms with E-state index in [4.69, 9.17) is 9.39 Å². The Morgan fingerprint density at radius 2 is 2.33 bits per heavy atom. The molecular weight excluding hydrogens is 351 g/mol. The Balaban J connectivity index is 1.92. The summed E-state index contributed by atoms with van der Waals surface area (Å²) < 4.78 is 11.8. The third-order valence-corrected chi connectivity index (χ3v) is 5.39. The average molecular weight is 366 g/mol. The molecule has 0 fully saturated rings. The Hall–Kier alpha value is -1.78. The van der Waals surface area contributed by atoms with Crippen molar-refractivity contribution in [1.29, 1.82) is 0 Å². The van der Waals surface area contributed by atoms with Crippen LogP contribution < -0.4 is 9.39 Å². The summed E-state index contributed by atoms with van der Waals surface area (Å²) in [5, 5.41) is 27.2. The second kappa shape index (κ2) is 7.00. The van der Waals surface area contributed by atoms with Crippen LogP contribution in [0, 0.1) is 0 Å². The number of benzene rings is 1. The Bertz CT molecular complexity index is 741. The molecule has 0 saturated heterocycles. The van der Waals surface area contributed by atoms with Crippen LogP contribution in [0.1, 0.15) is 29.8 Å². The summed E-state index contributed by atoms with van der Waals surface area (Å²) in [5.41, 5.74) is 2.28. The molecule has 0 radical (unpaired) electrons. The summed E-state index contributed by atoms with van der Waals surface area (Å²) in [7, 11) is -1.14. The minimum atomic E-state index is -1.15. The Morgan fingerprint density at radius 1 is 1.54 bits per heavy atom. The summed E-state index contributed by atoms with van der Waals surface area (Å²) in [6.07, 6.45) is 0.290. The Morgan fingerprint density at radius 3 is 2.96 bits per heavy atom. The number of rotatable bonds is 5. The number of aromatic carboxylic acids is 1. The molecule has 0 spiro atoms. The normalized spacial score (nSPS) is 16.7. The van der Waals surface area contributed by atoms with Gasteiger partial charge in [-0.2, -0.15) is 0 Å². The van der Waals surface area contributed by atoms with E-state index in [1.807, 2.05) is 13.8 Å². The van der Waals surface area contributed by atoms with Gasteiger partial charge in [-0.1, -0.05) is 29.2 Å². The van der Waals surface area contributed by atoms with Gasteiger partial charge in [0.2, 0.25) is 0 Å². The van der Waals surface area contributed by atoms with Crippen LogP contribution in [0.25, 0.3) is 0 Å². The van der Waals surface area contributed by atoms with Gasteiger partial charge in [0.1, 0.15) is 22.6 Å². The van der Waals surface area contributed by atoms with Crippen molar-refractivity contribution in [3.63, 3.8) is 0 Å². The molecule has 1 aromatic carbocycles. The van der Waals surface area contributed by atoms with Crippen molar-refractivity contribution in [2.24, 2.45) is 0 Å². The number of ether oxygens (including phenoxy) is 1. The lowest BCUT2D eigenvalue weighted by Gasteiger charge is -2.28. The number of carboxylic acid groups (broad SMARTS) is 1. The van der Waals surface area contributed by atoms with E-state index in [2.05, 4.69) is 10.2 Å². The van der Waals surface area contributed by atoms with Crippen LogP contribution in [0.2, 0.25) is 0 Å². The lowest BCUT2D eigenvalue weighted by molar-refractivity contribution is 0.0687. The highest BCUT2D eigenvalue weighted by Crippen LogP contribution is 2.40. The summed E-state index contributed by atoms with van der Waals surface area (Å²) in [4.78, 5) is 11.7. The molecule has 0 saturated carbocycles. The molecule has 2 heterocycles. The van der Waals surface area contributed by atoms with Gasteiger partial charge < -0.3 is 19.5 Å². The van der Waals surface area contributed by atoms with Gasteiger partial charge in [0, 0.05) is 0 Å². The molecule has 1 aliphatic rings. The Kier molecular flexibility index (Phi) is 4.97. The smallest absolute Gasteiger partial charge is 0.534 e. The molecule has 2 N–H and O–H groups in total. The fourth-order valence-corrected chi connectivity index (χ4v) is 4.20. The van der Waals surface area contributed by atoms with Crippen LogP contribution in [0.15, 0.2) is 22.0 Å².